The maximum absolute atomic E-state index is 12.6. The van der Waals surface area contributed by atoms with Crippen molar-refractivity contribution < 1.29 is 9.53 Å². The van der Waals surface area contributed by atoms with Gasteiger partial charge in [0.05, 0.1) is 12.0 Å². The number of hydrogen-bond acceptors (Lipinski definition) is 6. The van der Waals surface area contributed by atoms with E-state index in [2.05, 4.69) is 10.0 Å². The molecule has 0 unspecified atom stereocenters. The van der Waals surface area contributed by atoms with Gasteiger partial charge in [-0.05, 0) is 59.5 Å². The Bertz CT molecular complexity index is 1040. The topological polar surface area (TPSA) is 79.6 Å². The quantitative estimate of drug-likeness (QED) is 0.427. The Morgan fingerprint density at radius 3 is 2.55 bits per heavy atom. The Balaban J connectivity index is 1.87. The van der Waals surface area contributed by atoms with Gasteiger partial charge in [-0.3, -0.25) is 4.79 Å². The zero-order valence-electron chi connectivity index (χ0n) is 18.0. The summed E-state index contributed by atoms with van der Waals surface area (Å²) in [6, 6.07) is 21.6. The zero-order valence-corrected chi connectivity index (χ0v) is 18.8. The minimum absolute atomic E-state index is 0.0273. The number of hydrogen-bond donors (Lipinski definition) is 3. The molecule has 6 nitrogen and oxygen atoms in total. The number of anilines is 2. The van der Waals surface area contributed by atoms with Crippen LogP contribution in [0.25, 0.3) is 11.1 Å². The van der Waals surface area contributed by atoms with E-state index >= 15 is 0 Å². The molecule has 0 aliphatic carbocycles. The molecule has 0 spiro atoms. The Labute approximate surface area is 187 Å². The highest BCUT2D eigenvalue weighted by Crippen LogP contribution is 2.35. The molecule has 0 atom stereocenters. The van der Waals surface area contributed by atoms with E-state index < -0.39 is 0 Å². The lowest BCUT2D eigenvalue weighted by Crippen LogP contribution is -2.22. The first-order chi connectivity index (χ1) is 15.0. The molecule has 162 valence electrons. The van der Waals surface area contributed by atoms with Crippen LogP contribution in [-0.2, 0) is 0 Å². The summed E-state index contributed by atoms with van der Waals surface area (Å²) in [5.74, 6) is 0.732. The third kappa shape index (κ3) is 5.71. The molecular formula is C24H28N4O2S. The molecule has 0 saturated heterocycles. The van der Waals surface area contributed by atoms with Gasteiger partial charge in [0.15, 0.2) is 0 Å². The van der Waals surface area contributed by atoms with Crippen LogP contribution in [0.1, 0.15) is 10.4 Å². The standard InChI is InChI=1S/C24H28N4O2S/c1-28(2)24(29)21-10-5-4-9-20(21)17-11-12-22(30-3)23(15-17)31-27-19-8-6-7-18(16-19)26-14-13-25/h4-12,15-16,26-27H,13-14,25H2,1-3H3. The molecule has 4 N–H and O–H groups in total. The number of carbonyl (C=O) groups excluding carboxylic acids is 1. The number of amides is 1. The summed E-state index contributed by atoms with van der Waals surface area (Å²) < 4.78 is 8.93. The van der Waals surface area contributed by atoms with Crippen LogP contribution in [0.2, 0.25) is 0 Å². The first-order valence-corrected chi connectivity index (χ1v) is 10.8. The largest absolute Gasteiger partial charge is 0.496 e. The molecule has 0 aromatic heterocycles. The molecule has 0 radical (unpaired) electrons. The number of carbonyl (C=O) groups is 1. The van der Waals surface area contributed by atoms with Gasteiger partial charge in [0, 0.05) is 44.1 Å². The highest BCUT2D eigenvalue weighted by Gasteiger charge is 2.15. The summed E-state index contributed by atoms with van der Waals surface area (Å²) >= 11 is 1.46. The van der Waals surface area contributed by atoms with Gasteiger partial charge in [-0.2, -0.15) is 0 Å². The van der Waals surface area contributed by atoms with Gasteiger partial charge >= 0.3 is 0 Å². The first-order valence-electron chi connectivity index (χ1n) is 9.99. The van der Waals surface area contributed by atoms with E-state index in [4.69, 9.17) is 10.5 Å². The summed E-state index contributed by atoms with van der Waals surface area (Å²) in [4.78, 5) is 15.1. The third-order valence-electron chi connectivity index (χ3n) is 4.65. The second-order valence-electron chi connectivity index (χ2n) is 7.11. The number of nitrogens with zero attached hydrogens (tertiary/aromatic N) is 1. The second kappa shape index (κ2) is 10.7. The molecule has 0 aliphatic heterocycles. The predicted octanol–water partition coefficient (Wildman–Crippen LogP) is 4.55. The van der Waals surface area contributed by atoms with Crippen molar-refractivity contribution in [1.82, 2.24) is 4.90 Å². The van der Waals surface area contributed by atoms with Crippen LogP contribution in [0.5, 0.6) is 5.75 Å². The average Bonchev–Trinajstić information content (AvgIpc) is 2.81. The first kappa shape index (κ1) is 22.5. The molecule has 3 aromatic carbocycles. The van der Waals surface area contributed by atoms with Gasteiger partial charge in [0.2, 0.25) is 0 Å². The Morgan fingerprint density at radius 2 is 1.81 bits per heavy atom. The molecular weight excluding hydrogens is 408 g/mol. The lowest BCUT2D eigenvalue weighted by molar-refractivity contribution is 0.0828. The van der Waals surface area contributed by atoms with Crippen LogP contribution in [0, 0.1) is 0 Å². The highest BCUT2D eigenvalue weighted by molar-refractivity contribution is 8.00. The maximum atomic E-state index is 12.6. The van der Waals surface area contributed by atoms with Gasteiger partial charge < -0.3 is 25.4 Å². The summed E-state index contributed by atoms with van der Waals surface area (Å²) in [6.07, 6.45) is 0. The Hall–Kier alpha value is -3.16. The minimum atomic E-state index is -0.0273. The van der Waals surface area contributed by atoms with Gasteiger partial charge in [0.25, 0.3) is 5.91 Å². The van der Waals surface area contributed by atoms with Crippen molar-refractivity contribution in [3.63, 3.8) is 0 Å². The second-order valence-corrected chi connectivity index (χ2v) is 7.96. The third-order valence-corrected chi connectivity index (χ3v) is 5.53. The lowest BCUT2D eigenvalue weighted by atomic mass is 9.99. The molecule has 0 aliphatic rings. The van der Waals surface area contributed by atoms with E-state index in [1.807, 2.05) is 66.7 Å². The number of methoxy groups -OCH3 is 1. The molecule has 7 heteroatoms. The Kier molecular flexibility index (Phi) is 7.81. The van der Waals surface area contributed by atoms with Gasteiger partial charge in [-0.15, -0.1) is 0 Å². The lowest BCUT2D eigenvalue weighted by Gasteiger charge is -2.16. The van der Waals surface area contributed by atoms with E-state index in [9.17, 15) is 4.79 Å². The number of benzene rings is 3. The van der Waals surface area contributed by atoms with E-state index in [0.29, 0.717) is 12.1 Å². The Morgan fingerprint density at radius 1 is 1.03 bits per heavy atom. The van der Waals surface area contributed by atoms with Gasteiger partial charge in [0.1, 0.15) is 5.75 Å². The fraction of sp³-hybridized carbons (Fsp3) is 0.208. The molecule has 3 rings (SSSR count). The van der Waals surface area contributed by atoms with Crippen LogP contribution in [0.4, 0.5) is 11.4 Å². The van der Waals surface area contributed by atoms with Crippen LogP contribution in [0.3, 0.4) is 0 Å². The van der Waals surface area contributed by atoms with Crippen molar-refractivity contribution in [2.24, 2.45) is 5.73 Å². The SMILES string of the molecule is COc1ccc(-c2ccccc2C(=O)N(C)C)cc1SNc1cccc(NCCN)c1. The van der Waals surface area contributed by atoms with E-state index in [1.54, 1.807) is 26.1 Å². The summed E-state index contributed by atoms with van der Waals surface area (Å²) in [5.41, 5.74) is 10.0. The summed E-state index contributed by atoms with van der Waals surface area (Å²) in [7, 11) is 5.17. The predicted molar refractivity (Wildman–Crippen MR) is 130 cm³/mol. The van der Waals surface area contributed by atoms with Crippen LogP contribution < -0.4 is 20.5 Å². The van der Waals surface area contributed by atoms with Crippen molar-refractivity contribution in [3.8, 4) is 16.9 Å². The fourth-order valence-corrected chi connectivity index (χ4v) is 3.90. The van der Waals surface area contributed by atoms with Crippen molar-refractivity contribution in [3.05, 3.63) is 72.3 Å². The molecule has 3 aromatic rings. The molecule has 0 bridgehead atoms. The normalized spacial score (nSPS) is 10.5. The smallest absolute Gasteiger partial charge is 0.253 e. The maximum Gasteiger partial charge on any atom is 0.253 e. The number of nitrogens with two attached hydrogens (primary N) is 1. The molecule has 1 amide bonds. The van der Waals surface area contributed by atoms with E-state index in [0.717, 1.165) is 39.7 Å². The fourth-order valence-electron chi connectivity index (χ4n) is 3.11. The molecule has 0 fully saturated rings. The average molecular weight is 437 g/mol. The van der Waals surface area contributed by atoms with Crippen molar-refractivity contribution in [2.45, 2.75) is 4.90 Å². The van der Waals surface area contributed by atoms with E-state index in [-0.39, 0.29) is 5.91 Å². The molecule has 0 saturated carbocycles. The van der Waals surface area contributed by atoms with Crippen molar-refractivity contribution in [2.75, 3.05) is 44.3 Å². The number of ether oxygens (including phenoxy) is 1. The van der Waals surface area contributed by atoms with Crippen LogP contribution >= 0.6 is 11.9 Å². The highest BCUT2D eigenvalue weighted by atomic mass is 32.2. The molecule has 0 heterocycles. The van der Waals surface area contributed by atoms with Gasteiger partial charge in [-0.1, -0.05) is 30.3 Å². The number of rotatable bonds is 9. The molecule has 31 heavy (non-hydrogen) atoms. The van der Waals surface area contributed by atoms with Crippen molar-refractivity contribution in [1.29, 1.82) is 0 Å². The monoisotopic (exact) mass is 436 g/mol. The minimum Gasteiger partial charge on any atom is -0.496 e. The summed E-state index contributed by atoms with van der Waals surface area (Å²) in [6.45, 7) is 1.30. The zero-order chi connectivity index (χ0) is 22.2. The summed E-state index contributed by atoms with van der Waals surface area (Å²) in [5, 5.41) is 3.28. The van der Waals surface area contributed by atoms with Crippen LogP contribution in [-0.4, -0.2) is 45.1 Å². The van der Waals surface area contributed by atoms with Gasteiger partial charge in [-0.25, -0.2) is 0 Å². The van der Waals surface area contributed by atoms with Crippen LogP contribution in [0.15, 0.2) is 71.6 Å². The van der Waals surface area contributed by atoms with E-state index in [1.165, 1.54) is 11.9 Å². The number of nitrogens with one attached hydrogen (secondary N) is 2. The van der Waals surface area contributed by atoms with Crippen molar-refractivity contribution >= 4 is 29.2 Å².